The van der Waals surface area contributed by atoms with Gasteiger partial charge < -0.3 is 4.42 Å². The van der Waals surface area contributed by atoms with Crippen LogP contribution < -0.4 is 0 Å². The molecule has 0 aliphatic rings. The fraction of sp³-hybridized carbons (Fsp3) is 0.308. The molecule has 2 aromatic heterocycles. The Balaban J connectivity index is 1.57. The van der Waals surface area contributed by atoms with E-state index in [4.69, 9.17) is 9.40 Å². The third-order valence-electron chi connectivity index (χ3n) is 8.60. The lowest BCUT2D eigenvalue weighted by Crippen LogP contribution is -2.03. The predicted octanol–water partition coefficient (Wildman–Crippen LogP) is 12.0. The molecule has 0 spiro atoms. The van der Waals surface area contributed by atoms with E-state index in [0.29, 0.717) is 23.7 Å². The SMILES string of the molecule is CC(C)c1cc(C(C)C)c(-c2ccc3c(c2)oc2c(-c4cc(C(C)C)c5ccccc5c4)nccc23)c(C(C)C)c1. The van der Waals surface area contributed by atoms with Crippen molar-refractivity contribution in [1.29, 1.82) is 0 Å². The van der Waals surface area contributed by atoms with Crippen molar-refractivity contribution in [3.63, 3.8) is 0 Å². The fourth-order valence-corrected chi connectivity index (χ4v) is 6.31. The smallest absolute Gasteiger partial charge is 0.161 e. The summed E-state index contributed by atoms with van der Waals surface area (Å²) in [6, 6.07) is 26.9. The van der Waals surface area contributed by atoms with Gasteiger partial charge in [-0.05, 0) is 98.2 Å². The molecule has 0 bridgehead atoms. The molecule has 0 radical (unpaired) electrons. The first-order valence-corrected chi connectivity index (χ1v) is 15.2. The van der Waals surface area contributed by atoms with Gasteiger partial charge in [-0.3, -0.25) is 4.98 Å². The van der Waals surface area contributed by atoms with Gasteiger partial charge >= 0.3 is 0 Å². The first-order chi connectivity index (χ1) is 19.6. The van der Waals surface area contributed by atoms with Crippen LogP contribution in [0.1, 0.15) is 101 Å². The van der Waals surface area contributed by atoms with Crippen molar-refractivity contribution >= 4 is 32.7 Å². The molecule has 0 fully saturated rings. The van der Waals surface area contributed by atoms with Gasteiger partial charge in [0.1, 0.15) is 11.3 Å². The highest BCUT2D eigenvalue weighted by Gasteiger charge is 2.21. The Hall–Kier alpha value is -3.91. The Kier molecular flexibility index (Phi) is 6.98. The van der Waals surface area contributed by atoms with Crippen molar-refractivity contribution in [2.24, 2.45) is 0 Å². The van der Waals surface area contributed by atoms with E-state index in [1.807, 2.05) is 6.20 Å². The summed E-state index contributed by atoms with van der Waals surface area (Å²) >= 11 is 0. The minimum atomic E-state index is 0.407. The number of pyridine rings is 1. The van der Waals surface area contributed by atoms with Crippen molar-refractivity contribution in [2.45, 2.75) is 79.1 Å². The zero-order valence-electron chi connectivity index (χ0n) is 25.7. The van der Waals surface area contributed by atoms with Crippen LogP contribution in [0.2, 0.25) is 0 Å². The second-order valence-corrected chi connectivity index (χ2v) is 12.8. The van der Waals surface area contributed by atoms with E-state index in [1.165, 1.54) is 44.2 Å². The number of hydrogen-bond donors (Lipinski definition) is 0. The molecule has 0 aliphatic carbocycles. The van der Waals surface area contributed by atoms with Gasteiger partial charge in [-0.25, -0.2) is 0 Å². The second-order valence-electron chi connectivity index (χ2n) is 12.8. The van der Waals surface area contributed by atoms with Crippen LogP contribution in [0.3, 0.4) is 0 Å². The van der Waals surface area contributed by atoms with Crippen molar-refractivity contribution < 1.29 is 4.42 Å². The zero-order valence-corrected chi connectivity index (χ0v) is 25.7. The minimum absolute atomic E-state index is 0.407. The second kappa shape index (κ2) is 10.5. The maximum Gasteiger partial charge on any atom is 0.161 e. The maximum absolute atomic E-state index is 6.71. The quantitative estimate of drug-likeness (QED) is 0.210. The Morgan fingerprint density at radius 2 is 1.24 bits per heavy atom. The van der Waals surface area contributed by atoms with Crippen LogP contribution in [0.25, 0.3) is 55.1 Å². The third kappa shape index (κ3) is 4.74. The number of hydrogen-bond acceptors (Lipinski definition) is 2. The Morgan fingerprint density at radius 3 is 1.90 bits per heavy atom. The van der Waals surface area contributed by atoms with Crippen molar-refractivity contribution in [3.8, 4) is 22.4 Å². The summed E-state index contributed by atoms with van der Waals surface area (Å²) in [5.74, 6) is 1.75. The van der Waals surface area contributed by atoms with E-state index in [-0.39, 0.29) is 0 Å². The molecule has 4 aromatic carbocycles. The Morgan fingerprint density at radius 1 is 0.561 bits per heavy atom. The fourth-order valence-electron chi connectivity index (χ4n) is 6.31. The van der Waals surface area contributed by atoms with Gasteiger partial charge in [0, 0.05) is 22.5 Å². The van der Waals surface area contributed by atoms with E-state index >= 15 is 0 Å². The van der Waals surface area contributed by atoms with Crippen LogP contribution in [0, 0.1) is 0 Å². The number of nitrogens with zero attached hydrogens (tertiary/aromatic N) is 1. The minimum Gasteiger partial charge on any atom is -0.454 e. The monoisotopic (exact) mass is 539 g/mol. The average Bonchev–Trinajstić information content (AvgIpc) is 3.33. The molecule has 0 atom stereocenters. The number of rotatable bonds is 6. The van der Waals surface area contributed by atoms with Crippen LogP contribution >= 0.6 is 0 Å². The summed E-state index contributed by atoms with van der Waals surface area (Å²) in [4.78, 5) is 4.87. The number of aromatic nitrogens is 1. The molecule has 6 rings (SSSR count). The third-order valence-corrected chi connectivity index (χ3v) is 8.60. The topological polar surface area (TPSA) is 26.0 Å². The van der Waals surface area contributed by atoms with Gasteiger partial charge in [0.2, 0.25) is 0 Å². The summed E-state index contributed by atoms with van der Waals surface area (Å²) < 4.78 is 6.71. The van der Waals surface area contributed by atoms with E-state index < -0.39 is 0 Å². The van der Waals surface area contributed by atoms with Crippen molar-refractivity contribution in [3.05, 3.63) is 101 Å². The van der Waals surface area contributed by atoms with Crippen molar-refractivity contribution in [1.82, 2.24) is 4.98 Å². The lowest BCUT2D eigenvalue weighted by atomic mass is 9.81. The van der Waals surface area contributed by atoms with E-state index in [2.05, 4.69) is 128 Å². The van der Waals surface area contributed by atoms with Gasteiger partial charge in [-0.1, -0.05) is 97.9 Å². The molecule has 0 saturated heterocycles. The van der Waals surface area contributed by atoms with Crippen molar-refractivity contribution in [2.75, 3.05) is 0 Å². The predicted molar refractivity (Wildman–Crippen MR) is 176 cm³/mol. The van der Waals surface area contributed by atoms with Gasteiger partial charge in [-0.15, -0.1) is 0 Å². The van der Waals surface area contributed by atoms with Crippen LogP contribution in [-0.4, -0.2) is 4.98 Å². The first-order valence-electron chi connectivity index (χ1n) is 15.2. The highest BCUT2D eigenvalue weighted by molar-refractivity contribution is 6.10. The maximum atomic E-state index is 6.71. The van der Waals surface area contributed by atoms with Gasteiger partial charge in [-0.2, -0.15) is 0 Å². The summed E-state index contributed by atoms with van der Waals surface area (Å²) in [7, 11) is 0. The summed E-state index contributed by atoms with van der Waals surface area (Å²) in [6.07, 6.45) is 1.92. The number of benzene rings is 4. The lowest BCUT2D eigenvalue weighted by molar-refractivity contribution is 0.668. The molecule has 208 valence electrons. The molecule has 41 heavy (non-hydrogen) atoms. The molecule has 0 aliphatic heterocycles. The molecule has 2 heterocycles. The van der Waals surface area contributed by atoms with Crippen LogP contribution in [-0.2, 0) is 0 Å². The molecule has 2 heteroatoms. The van der Waals surface area contributed by atoms with E-state index in [9.17, 15) is 0 Å². The van der Waals surface area contributed by atoms with Crippen LogP contribution in [0.5, 0.6) is 0 Å². The summed E-state index contributed by atoms with van der Waals surface area (Å²) in [5, 5.41) is 4.78. The largest absolute Gasteiger partial charge is 0.454 e. The van der Waals surface area contributed by atoms with E-state index in [0.717, 1.165) is 33.2 Å². The molecular weight excluding hydrogens is 498 g/mol. The van der Waals surface area contributed by atoms with Gasteiger partial charge in [0.05, 0.1) is 0 Å². The Bertz CT molecular complexity index is 1870. The van der Waals surface area contributed by atoms with E-state index in [1.54, 1.807) is 0 Å². The molecule has 0 N–H and O–H groups in total. The van der Waals surface area contributed by atoms with Gasteiger partial charge in [0.25, 0.3) is 0 Å². The normalized spacial score (nSPS) is 12.3. The van der Waals surface area contributed by atoms with Gasteiger partial charge in [0.15, 0.2) is 5.58 Å². The van der Waals surface area contributed by atoms with Crippen LogP contribution in [0.15, 0.2) is 83.4 Å². The molecule has 2 nitrogen and oxygen atoms in total. The lowest BCUT2D eigenvalue weighted by Gasteiger charge is -2.23. The highest BCUT2D eigenvalue weighted by Crippen LogP contribution is 2.42. The first kappa shape index (κ1) is 27.3. The Labute approximate surface area is 244 Å². The average molecular weight is 540 g/mol. The highest BCUT2D eigenvalue weighted by atomic mass is 16.3. The zero-order chi connectivity index (χ0) is 29.0. The molecular formula is C39H41NO. The molecule has 0 unspecified atom stereocenters. The molecule has 6 aromatic rings. The van der Waals surface area contributed by atoms with Crippen LogP contribution in [0.4, 0.5) is 0 Å². The molecule has 0 amide bonds. The summed E-state index contributed by atoms with van der Waals surface area (Å²) in [5.41, 5.74) is 11.9. The number of furan rings is 1. The molecule has 0 saturated carbocycles. The standard InChI is InChI=1S/C39H41NO/c1-22(2)28-18-34(24(5)6)37(35(19-28)25(7)8)27-13-14-31-32-15-16-40-38(39(32)41-36(31)21-27)29-17-26-11-9-10-12-30(26)33(20-29)23(3)4/h9-25H,1-8H3. The summed E-state index contributed by atoms with van der Waals surface area (Å²) in [6.45, 7) is 18.3. The number of fused-ring (bicyclic) bond motifs is 4.